The number of carbonyl (C=O) groups excluding carboxylic acids is 3. The van der Waals surface area contributed by atoms with Gasteiger partial charge >= 0.3 is 5.97 Å². The van der Waals surface area contributed by atoms with Gasteiger partial charge in [-0.1, -0.05) is 35.3 Å². The van der Waals surface area contributed by atoms with Crippen LogP contribution in [-0.4, -0.2) is 24.3 Å². The minimum atomic E-state index is -0.618. The van der Waals surface area contributed by atoms with Crippen LogP contribution in [0.15, 0.2) is 35.7 Å². The summed E-state index contributed by atoms with van der Waals surface area (Å²) in [7, 11) is 0. The number of ketones is 1. The standard InChI is InChI=1S/C16H13Cl2NO4S/c17-10-3-1-4-11(16(10)18)19-14(21)9-23-15(22)7-6-12(20)13-5-2-8-24-13/h1-5,8H,6-7,9H2,(H,19,21). The van der Waals surface area contributed by atoms with Crippen molar-refractivity contribution < 1.29 is 19.1 Å². The SMILES string of the molecule is O=C(COC(=O)CCC(=O)c1cccs1)Nc1cccc(Cl)c1Cl. The highest BCUT2D eigenvalue weighted by atomic mass is 35.5. The molecule has 126 valence electrons. The third-order valence-electron chi connectivity index (χ3n) is 2.94. The molecule has 0 aliphatic carbocycles. The molecule has 0 unspecified atom stereocenters. The maximum atomic E-state index is 11.8. The molecule has 1 amide bonds. The lowest BCUT2D eigenvalue weighted by Gasteiger charge is -2.08. The van der Waals surface area contributed by atoms with E-state index in [4.69, 9.17) is 27.9 Å². The summed E-state index contributed by atoms with van der Waals surface area (Å²) in [6, 6.07) is 8.26. The zero-order chi connectivity index (χ0) is 17.5. The molecule has 0 aliphatic rings. The van der Waals surface area contributed by atoms with Crippen molar-refractivity contribution in [3.05, 3.63) is 50.6 Å². The summed E-state index contributed by atoms with van der Waals surface area (Å²) in [6.07, 6.45) is -0.0387. The Hall–Kier alpha value is -1.89. The second-order valence-corrected chi connectivity index (χ2v) is 6.44. The van der Waals surface area contributed by atoms with Gasteiger partial charge in [0.2, 0.25) is 0 Å². The van der Waals surface area contributed by atoms with Gasteiger partial charge in [0.15, 0.2) is 12.4 Å². The Labute approximate surface area is 152 Å². The lowest BCUT2D eigenvalue weighted by atomic mass is 10.2. The maximum absolute atomic E-state index is 11.8. The van der Waals surface area contributed by atoms with Crippen LogP contribution in [0, 0.1) is 0 Å². The molecule has 2 rings (SSSR count). The molecule has 5 nitrogen and oxygen atoms in total. The molecule has 0 atom stereocenters. The number of carbonyl (C=O) groups is 3. The molecule has 0 fully saturated rings. The second kappa shape index (κ2) is 8.82. The molecule has 0 spiro atoms. The summed E-state index contributed by atoms with van der Waals surface area (Å²) in [5.74, 6) is -1.29. The van der Waals surface area contributed by atoms with Gasteiger partial charge in [-0.3, -0.25) is 14.4 Å². The molecule has 1 heterocycles. The Bertz CT molecular complexity index is 747. The van der Waals surface area contributed by atoms with Gasteiger partial charge < -0.3 is 10.1 Å². The van der Waals surface area contributed by atoms with Crippen molar-refractivity contribution >= 4 is 57.9 Å². The Morgan fingerprint density at radius 1 is 1.08 bits per heavy atom. The van der Waals surface area contributed by atoms with E-state index >= 15 is 0 Å². The average Bonchev–Trinajstić information content (AvgIpc) is 3.09. The number of hydrogen-bond acceptors (Lipinski definition) is 5. The van der Waals surface area contributed by atoms with Crippen LogP contribution < -0.4 is 5.32 Å². The fraction of sp³-hybridized carbons (Fsp3) is 0.188. The quantitative estimate of drug-likeness (QED) is 0.572. The van der Waals surface area contributed by atoms with Gasteiger partial charge in [0.25, 0.3) is 5.91 Å². The third-order valence-corrected chi connectivity index (χ3v) is 4.67. The number of Topliss-reactive ketones (excluding diaryl/α,β-unsaturated/α-hetero) is 1. The maximum Gasteiger partial charge on any atom is 0.306 e. The molecule has 0 aliphatic heterocycles. The Kier molecular flexibility index (Phi) is 6.78. The van der Waals surface area contributed by atoms with E-state index < -0.39 is 18.5 Å². The van der Waals surface area contributed by atoms with Crippen LogP contribution in [0.2, 0.25) is 10.0 Å². The van der Waals surface area contributed by atoms with Crippen LogP contribution in [0.3, 0.4) is 0 Å². The Morgan fingerprint density at radius 3 is 2.58 bits per heavy atom. The third kappa shape index (κ3) is 5.33. The average molecular weight is 386 g/mol. The fourth-order valence-electron chi connectivity index (χ4n) is 1.78. The number of esters is 1. The van der Waals surface area contributed by atoms with Crippen LogP contribution in [-0.2, 0) is 14.3 Å². The van der Waals surface area contributed by atoms with Gasteiger partial charge in [0.1, 0.15) is 0 Å². The summed E-state index contributed by atoms with van der Waals surface area (Å²) in [5.41, 5.74) is 0.332. The number of benzene rings is 1. The van der Waals surface area contributed by atoms with Crippen molar-refractivity contribution in [1.29, 1.82) is 0 Å². The molecule has 24 heavy (non-hydrogen) atoms. The predicted octanol–water partition coefficient (Wildman–Crippen LogP) is 4.20. The van der Waals surface area contributed by atoms with Crippen LogP contribution >= 0.6 is 34.5 Å². The number of ether oxygens (including phenoxy) is 1. The summed E-state index contributed by atoms with van der Waals surface area (Å²) < 4.78 is 4.84. The van der Waals surface area contributed by atoms with Crippen molar-refractivity contribution in [3.8, 4) is 0 Å². The molecule has 1 aromatic carbocycles. The van der Waals surface area contributed by atoms with E-state index in [9.17, 15) is 14.4 Å². The lowest BCUT2D eigenvalue weighted by molar-refractivity contribution is -0.147. The number of thiophene rings is 1. The smallest absolute Gasteiger partial charge is 0.306 e. The molecule has 8 heteroatoms. The van der Waals surface area contributed by atoms with Crippen molar-refractivity contribution in [2.24, 2.45) is 0 Å². The molecule has 0 saturated heterocycles. The molecule has 0 bridgehead atoms. The van der Waals surface area contributed by atoms with Crippen molar-refractivity contribution in [2.45, 2.75) is 12.8 Å². The minimum Gasteiger partial charge on any atom is -0.456 e. The summed E-state index contributed by atoms with van der Waals surface area (Å²) in [4.78, 5) is 35.7. The Balaban J connectivity index is 1.74. The van der Waals surface area contributed by atoms with E-state index in [1.165, 1.54) is 11.3 Å². The minimum absolute atomic E-state index is 0.0427. The van der Waals surface area contributed by atoms with Gasteiger partial charge in [-0.15, -0.1) is 11.3 Å². The van der Waals surface area contributed by atoms with Gasteiger partial charge in [0, 0.05) is 6.42 Å². The van der Waals surface area contributed by atoms with Crippen LogP contribution in [0.1, 0.15) is 22.5 Å². The van der Waals surface area contributed by atoms with Gasteiger partial charge in [-0.2, -0.15) is 0 Å². The highest BCUT2D eigenvalue weighted by Gasteiger charge is 2.13. The van der Waals surface area contributed by atoms with E-state index in [-0.39, 0.29) is 23.6 Å². The number of amides is 1. The first kappa shape index (κ1) is 18.4. The molecular formula is C16H13Cl2NO4S. The summed E-state index contributed by atoms with van der Waals surface area (Å²) in [6.45, 7) is -0.463. The first-order valence-electron chi connectivity index (χ1n) is 6.93. The molecular weight excluding hydrogens is 373 g/mol. The number of hydrogen-bond donors (Lipinski definition) is 1. The highest BCUT2D eigenvalue weighted by molar-refractivity contribution is 7.12. The van der Waals surface area contributed by atoms with Crippen molar-refractivity contribution in [2.75, 3.05) is 11.9 Å². The van der Waals surface area contributed by atoms with Crippen LogP contribution in [0.25, 0.3) is 0 Å². The number of anilines is 1. The van der Waals surface area contributed by atoms with E-state index in [2.05, 4.69) is 5.32 Å². The van der Waals surface area contributed by atoms with E-state index in [0.717, 1.165) is 0 Å². The zero-order valence-corrected chi connectivity index (χ0v) is 14.7. The first-order chi connectivity index (χ1) is 11.5. The summed E-state index contributed by atoms with van der Waals surface area (Å²) in [5, 5.41) is 4.80. The Morgan fingerprint density at radius 2 is 1.88 bits per heavy atom. The monoisotopic (exact) mass is 385 g/mol. The van der Waals surface area contributed by atoms with Crippen molar-refractivity contribution in [3.63, 3.8) is 0 Å². The van der Waals surface area contributed by atoms with Crippen LogP contribution in [0.5, 0.6) is 0 Å². The van der Waals surface area contributed by atoms with Crippen LogP contribution in [0.4, 0.5) is 5.69 Å². The van der Waals surface area contributed by atoms with E-state index in [0.29, 0.717) is 15.6 Å². The molecule has 1 aromatic heterocycles. The lowest BCUT2D eigenvalue weighted by Crippen LogP contribution is -2.21. The topological polar surface area (TPSA) is 72.5 Å². The number of nitrogens with one attached hydrogen (secondary N) is 1. The normalized spacial score (nSPS) is 10.2. The molecule has 0 saturated carbocycles. The summed E-state index contributed by atoms with van der Waals surface area (Å²) >= 11 is 13.1. The van der Waals surface area contributed by atoms with E-state index in [1.54, 1.807) is 35.7 Å². The molecule has 1 N–H and O–H groups in total. The largest absolute Gasteiger partial charge is 0.456 e. The highest BCUT2D eigenvalue weighted by Crippen LogP contribution is 2.29. The number of rotatable bonds is 7. The van der Waals surface area contributed by atoms with Crippen molar-refractivity contribution in [1.82, 2.24) is 0 Å². The zero-order valence-electron chi connectivity index (χ0n) is 12.4. The first-order valence-corrected chi connectivity index (χ1v) is 8.57. The number of halogens is 2. The van der Waals surface area contributed by atoms with Gasteiger partial charge in [-0.25, -0.2) is 0 Å². The predicted molar refractivity (Wildman–Crippen MR) is 93.9 cm³/mol. The fourth-order valence-corrected chi connectivity index (χ4v) is 2.82. The second-order valence-electron chi connectivity index (χ2n) is 4.71. The van der Waals surface area contributed by atoms with Gasteiger partial charge in [0.05, 0.1) is 27.0 Å². The molecule has 0 radical (unpaired) electrons. The molecule has 2 aromatic rings. The van der Waals surface area contributed by atoms with E-state index in [1.807, 2.05) is 0 Å². The van der Waals surface area contributed by atoms with Gasteiger partial charge in [-0.05, 0) is 23.6 Å².